The normalized spacial score (nSPS) is 11.7. The number of halogens is 1. The minimum atomic E-state index is -3.78. The van der Waals surface area contributed by atoms with E-state index in [-0.39, 0.29) is 4.90 Å². The van der Waals surface area contributed by atoms with E-state index < -0.39 is 9.05 Å². The van der Waals surface area contributed by atoms with Gasteiger partial charge < -0.3 is 0 Å². The van der Waals surface area contributed by atoms with Crippen molar-refractivity contribution in [3.05, 3.63) is 36.0 Å². The maximum atomic E-state index is 11.4. The molecule has 4 nitrogen and oxygen atoms in total. The zero-order valence-corrected chi connectivity index (χ0v) is 11.4. The molecule has 0 aliphatic heterocycles. The van der Waals surface area contributed by atoms with Gasteiger partial charge in [0.05, 0.1) is 11.9 Å². The lowest BCUT2D eigenvalue weighted by Gasteiger charge is -2.03. The second kappa shape index (κ2) is 5.12. The van der Waals surface area contributed by atoms with Gasteiger partial charge in [0, 0.05) is 16.2 Å². The number of benzene rings is 1. The van der Waals surface area contributed by atoms with Crippen LogP contribution in [0.1, 0.15) is 18.9 Å². The first-order valence-electron chi connectivity index (χ1n) is 5.59. The largest absolute Gasteiger partial charge is 0.276 e. The summed E-state index contributed by atoms with van der Waals surface area (Å²) in [6.45, 7) is 2.11. The Morgan fingerprint density at radius 1 is 1.28 bits per heavy atom. The molecule has 2 aromatic rings. The number of nitrogens with one attached hydrogen (secondary N) is 1. The van der Waals surface area contributed by atoms with Gasteiger partial charge in [-0.25, -0.2) is 8.42 Å². The van der Waals surface area contributed by atoms with Crippen molar-refractivity contribution in [1.82, 2.24) is 10.2 Å². The minimum Gasteiger partial charge on any atom is -0.276 e. The second-order valence-corrected chi connectivity index (χ2v) is 6.53. The summed E-state index contributed by atoms with van der Waals surface area (Å²) in [6, 6.07) is 7.68. The summed E-state index contributed by atoms with van der Waals surface area (Å²) in [5.74, 6) is 0. The Hall–Kier alpha value is -1.33. The molecule has 0 amide bonds. The maximum Gasteiger partial charge on any atom is 0.265 e. The smallest absolute Gasteiger partial charge is 0.265 e. The van der Waals surface area contributed by atoms with E-state index in [1.165, 1.54) is 11.8 Å². The Morgan fingerprint density at radius 3 is 2.50 bits per heavy atom. The second-order valence-electron chi connectivity index (χ2n) is 3.99. The molecule has 2 rings (SSSR count). The summed E-state index contributed by atoms with van der Waals surface area (Å²) in [4.78, 5) is 0.00686. The van der Waals surface area contributed by atoms with Crippen molar-refractivity contribution in [1.29, 1.82) is 0 Å². The fourth-order valence-corrected chi connectivity index (χ4v) is 2.73. The third kappa shape index (κ3) is 2.73. The van der Waals surface area contributed by atoms with Gasteiger partial charge in [-0.3, -0.25) is 5.10 Å². The summed E-state index contributed by atoms with van der Waals surface area (Å²) in [5.41, 5.74) is 2.40. The number of rotatable bonds is 4. The molecule has 0 bridgehead atoms. The summed E-state index contributed by atoms with van der Waals surface area (Å²) in [7, 11) is 1.57. The lowest BCUT2D eigenvalue weighted by atomic mass is 10.1. The summed E-state index contributed by atoms with van der Waals surface area (Å²) in [6.07, 6.45) is 3.30. The highest BCUT2D eigenvalue weighted by Crippen LogP contribution is 2.27. The lowest BCUT2D eigenvalue weighted by molar-refractivity contribution is 0.610. The van der Waals surface area contributed by atoms with Gasteiger partial charge in [0.2, 0.25) is 0 Å². The Morgan fingerprint density at radius 2 is 1.94 bits per heavy atom. The van der Waals surface area contributed by atoms with E-state index in [1.807, 2.05) is 24.3 Å². The van der Waals surface area contributed by atoms with E-state index in [9.17, 15) is 8.42 Å². The van der Waals surface area contributed by atoms with Crippen LogP contribution in [0, 0.1) is 0 Å². The number of hydrogen-bond donors (Lipinski definition) is 1. The van der Waals surface area contributed by atoms with Crippen LogP contribution >= 0.6 is 10.7 Å². The molecule has 1 aromatic carbocycles. The van der Waals surface area contributed by atoms with Gasteiger partial charge in [0.1, 0.15) is 4.90 Å². The van der Waals surface area contributed by atoms with Crippen molar-refractivity contribution in [2.24, 2.45) is 0 Å². The lowest BCUT2D eigenvalue weighted by Crippen LogP contribution is -1.92. The van der Waals surface area contributed by atoms with Crippen molar-refractivity contribution >= 4 is 19.7 Å². The zero-order chi connectivity index (χ0) is 13.2. The summed E-state index contributed by atoms with van der Waals surface area (Å²) in [5, 5.41) is 6.40. The van der Waals surface area contributed by atoms with Gasteiger partial charge in [-0.15, -0.1) is 0 Å². The Balaban J connectivity index is 2.41. The molecule has 18 heavy (non-hydrogen) atoms. The first kappa shape index (κ1) is 13.1. The van der Waals surface area contributed by atoms with Gasteiger partial charge in [0.15, 0.2) is 0 Å². The van der Waals surface area contributed by atoms with Crippen molar-refractivity contribution in [3.63, 3.8) is 0 Å². The maximum absolute atomic E-state index is 11.4. The molecule has 0 aliphatic rings. The van der Waals surface area contributed by atoms with Crippen molar-refractivity contribution < 1.29 is 8.42 Å². The average Bonchev–Trinajstić information content (AvgIpc) is 2.79. The molecule has 0 saturated heterocycles. The quantitative estimate of drug-likeness (QED) is 0.878. The van der Waals surface area contributed by atoms with Gasteiger partial charge in [0.25, 0.3) is 9.05 Å². The number of aromatic nitrogens is 2. The molecule has 1 N–H and O–H groups in total. The molecule has 0 spiro atoms. The first-order valence-corrected chi connectivity index (χ1v) is 7.90. The van der Waals surface area contributed by atoms with Crippen LogP contribution in [0.5, 0.6) is 0 Å². The standard InChI is InChI=1S/C12H13ClN2O2S/c1-2-3-9-4-6-10(7-5-9)12-11(8-14-15-12)18(13,16)17/h4-8H,2-3H2,1H3,(H,14,15). The van der Waals surface area contributed by atoms with Gasteiger partial charge in [-0.2, -0.15) is 5.10 Å². The highest BCUT2D eigenvalue weighted by atomic mass is 35.7. The SMILES string of the molecule is CCCc1ccc(-c2[nH]ncc2S(=O)(=O)Cl)cc1. The number of H-pyrrole nitrogens is 1. The van der Waals surface area contributed by atoms with E-state index in [4.69, 9.17) is 10.7 Å². The number of aryl methyl sites for hydroxylation is 1. The van der Waals surface area contributed by atoms with E-state index >= 15 is 0 Å². The predicted octanol–water partition coefficient (Wildman–Crippen LogP) is 2.96. The van der Waals surface area contributed by atoms with Gasteiger partial charge in [-0.05, 0) is 12.0 Å². The van der Waals surface area contributed by atoms with Crippen LogP contribution in [0.15, 0.2) is 35.4 Å². The number of nitrogens with zero attached hydrogens (tertiary/aromatic N) is 1. The number of hydrogen-bond acceptors (Lipinski definition) is 3. The molecular weight excluding hydrogens is 272 g/mol. The zero-order valence-electron chi connectivity index (χ0n) is 9.85. The molecular formula is C12H13ClN2O2S. The molecule has 6 heteroatoms. The van der Waals surface area contributed by atoms with E-state index in [0.29, 0.717) is 5.69 Å². The molecule has 1 heterocycles. The van der Waals surface area contributed by atoms with Crippen molar-refractivity contribution in [2.45, 2.75) is 24.7 Å². The average molecular weight is 285 g/mol. The van der Waals surface area contributed by atoms with Crippen LogP contribution in [0.25, 0.3) is 11.3 Å². The van der Waals surface area contributed by atoms with Crippen LogP contribution < -0.4 is 0 Å². The topological polar surface area (TPSA) is 62.8 Å². The molecule has 0 radical (unpaired) electrons. The van der Waals surface area contributed by atoms with Crippen LogP contribution in [0.4, 0.5) is 0 Å². The minimum absolute atomic E-state index is 0.00686. The Kier molecular flexibility index (Phi) is 3.73. The number of aromatic amines is 1. The van der Waals surface area contributed by atoms with Crippen molar-refractivity contribution in [3.8, 4) is 11.3 Å². The predicted molar refractivity (Wildman–Crippen MR) is 71.1 cm³/mol. The van der Waals surface area contributed by atoms with Crippen LogP contribution in [0.3, 0.4) is 0 Å². The Labute approximate surface area is 110 Å². The fourth-order valence-electron chi connectivity index (χ4n) is 1.79. The van der Waals surface area contributed by atoms with Gasteiger partial charge >= 0.3 is 0 Å². The van der Waals surface area contributed by atoms with E-state index in [1.54, 1.807) is 0 Å². The molecule has 0 saturated carbocycles. The monoisotopic (exact) mass is 284 g/mol. The molecule has 0 fully saturated rings. The molecule has 1 aromatic heterocycles. The molecule has 96 valence electrons. The van der Waals surface area contributed by atoms with E-state index in [0.717, 1.165) is 18.4 Å². The molecule has 0 atom stereocenters. The third-order valence-corrected chi connectivity index (χ3v) is 3.98. The highest BCUT2D eigenvalue weighted by Gasteiger charge is 2.18. The third-order valence-electron chi connectivity index (χ3n) is 2.65. The van der Waals surface area contributed by atoms with Crippen molar-refractivity contribution in [2.75, 3.05) is 0 Å². The van der Waals surface area contributed by atoms with Crippen LogP contribution in [0.2, 0.25) is 0 Å². The van der Waals surface area contributed by atoms with Crippen LogP contribution in [-0.4, -0.2) is 18.6 Å². The first-order chi connectivity index (χ1) is 8.52. The molecule has 0 aliphatic carbocycles. The summed E-state index contributed by atoms with van der Waals surface area (Å²) >= 11 is 0. The van der Waals surface area contributed by atoms with Crippen LogP contribution in [-0.2, 0) is 15.5 Å². The van der Waals surface area contributed by atoms with E-state index in [2.05, 4.69) is 17.1 Å². The highest BCUT2D eigenvalue weighted by molar-refractivity contribution is 8.13. The fraction of sp³-hybridized carbons (Fsp3) is 0.250. The van der Waals surface area contributed by atoms with Gasteiger partial charge in [-0.1, -0.05) is 37.6 Å². The Bertz CT molecular complexity index is 632. The molecule has 0 unspecified atom stereocenters. The summed E-state index contributed by atoms with van der Waals surface area (Å²) < 4.78 is 22.7.